The quantitative estimate of drug-likeness (QED) is 0.645. The maximum absolute atomic E-state index is 4.71. The van der Waals surface area contributed by atoms with Crippen molar-refractivity contribution in [1.82, 2.24) is 15.1 Å². The van der Waals surface area contributed by atoms with Crippen LogP contribution in [0.2, 0.25) is 0 Å². The second-order valence-electron chi connectivity index (χ2n) is 5.44. The predicted molar refractivity (Wildman–Crippen MR) is 90.2 cm³/mol. The second-order valence-corrected chi connectivity index (χ2v) is 6.23. The number of halogens is 1. The lowest BCUT2D eigenvalue weighted by molar-refractivity contribution is 0.424. The molecule has 1 N–H and O–H groups in total. The molecule has 1 rings (SSSR count). The van der Waals surface area contributed by atoms with Crippen molar-refractivity contribution < 1.29 is 0 Å². The van der Waals surface area contributed by atoms with E-state index in [4.69, 9.17) is 5.10 Å². The Balaban J connectivity index is 2.78. The molecule has 0 saturated carbocycles. The molecule has 1 unspecified atom stereocenters. The minimum absolute atomic E-state index is 0.703. The fourth-order valence-electron chi connectivity index (χ4n) is 2.65. The van der Waals surface area contributed by atoms with Gasteiger partial charge in [0.25, 0.3) is 0 Å². The SMILES string of the molecule is CCCNCC(CCC)Cc1c(Br)c(CC)nn1CC. The molecule has 1 atom stereocenters. The molecule has 20 heavy (non-hydrogen) atoms. The number of hydrogen-bond donors (Lipinski definition) is 1. The van der Waals surface area contributed by atoms with Crippen LogP contribution in [-0.4, -0.2) is 22.9 Å². The van der Waals surface area contributed by atoms with Crippen molar-refractivity contribution in [1.29, 1.82) is 0 Å². The number of nitrogens with zero attached hydrogens (tertiary/aromatic N) is 2. The Morgan fingerprint density at radius 1 is 1.20 bits per heavy atom. The summed E-state index contributed by atoms with van der Waals surface area (Å²) in [5.74, 6) is 0.703. The van der Waals surface area contributed by atoms with Crippen LogP contribution in [0, 0.1) is 5.92 Å². The predicted octanol–water partition coefficient (Wildman–Crippen LogP) is 4.19. The van der Waals surface area contributed by atoms with Crippen LogP contribution in [0.5, 0.6) is 0 Å². The van der Waals surface area contributed by atoms with E-state index in [9.17, 15) is 0 Å². The molecule has 4 heteroatoms. The zero-order valence-electron chi connectivity index (χ0n) is 13.5. The second kappa shape index (κ2) is 9.56. The van der Waals surface area contributed by atoms with Crippen molar-refractivity contribution in [3.8, 4) is 0 Å². The summed E-state index contributed by atoms with van der Waals surface area (Å²) in [5, 5.41) is 8.28. The molecule has 0 aromatic carbocycles. The summed E-state index contributed by atoms with van der Waals surface area (Å²) in [7, 11) is 0. The van der Waals surface area contributed by atoms with Crippen molar-refractivity contribution in [2.75, 3.05) is 13.1 Å². The van der Waals surface area contributed by atoms with Gasteiger partial charge in [-0.3, -0.25) is 4.68 Å². The minimum atomic E-state index is 0.703. The van der Waals surface area contributed by atoms with Crippen LogP contribution in [0.3, 0.4) is 0 Å². The van der Waals surface area contributed by atoms with Gasteiger partial charge in [0.05, 0.1) is 15.9 Å². The topological polar surface area (TPSA) is 29.9 Å². The van der Waals surface area contributed by atoms with Gasteiger partial charge in [-0.15, -0.1) is 0 Å². The maximum atomic E-state index is 4.71. The van der Waals surface area contributed by atoms with E-state index in [1.807, 2.05) is 0 Å². The van der Waals surface area contributed by atoms with E-state index in [0.717, 1.165) is 32.5 Å². The maximum Gasteiger partial charge on any atom is 0.0766 e. The van der Waals surface area contributed by atoms with Gasteiger partial charge in [0.2, 0.25) is 0 Å². The van der Waals surface area contributed by atoms with Gasteiger partial charge in [-0.2, -0.15) is 5.10 Å². The van der Waals surface area contributed by atoms with Gasteiger partial charge in [-0.25, -0.2) is 0 Å². The zero-order valence-corrected chi connectivity index (χ0v) is 15.1. The first kappa shape index (κ1) is 17.7. The normalized spacial score (nSPS) is 12.8. The molecular weight excluding hydrogens is 314 g/mol. The van der Waals surface area contributed by atoms with Crippen LogP contribution in [0.4, 0.5) is 0 Å². The van der Waals surface area contributed by atoms with E-state index >= 15 is 0 Å². The zero-order chi connectivity index (χ0) is 15.0. The number of rotatable bonds is 10. The molecule has 1 aromatic heterocycles. The summed E-state index contributed by atoms with van der Waals surface area (Å²) in [6.07, 6.45) is 5.84. The van der Waals surface area contributed by atoms with Crippen LogP contribution in [0.1, 0.15) is 58.3 Å². The molecule has 0 bridgehead atoms. The molecule has 1 heterocycles. The first-order valence-electron chi connectivity index (χ1n) is 8.12. The summed E-state index contributed by atoms with van der Waals surface area (Å²) in [5.41, 5.74) is 2.57. The van der Waals surface area contributed by atoms with Gasteiger partial charge < -0.3 is 5.32 Å². The molecule has 3 nitrogen and oxygen atoms in total. The number of aryl methyl sites for hydroxylation is 2. The fourth-order valence-corrected chi connectivity index (χ4v) is 3.38. The molecule has 0 spiro atoms. The molecule has 0 saturated heterocycles. The number of hydrogen-bond acceptors (Lipinski definition) is 2. The van der Waals surface area contributed by atoms with Crippen LogP contribution in [-0.2, 0) is 19.4 Å². The first-order chi connectivity index (χ1) is 9.67. The highest BCUT2D eigenvalue weighted by Gasteiger charge is 2.18. The largest absolute Gasteiger partial charge is 0.316 e. The van der Waals surface area contributed by atoms with Gasteiger partial charge in [-0.05, 0) is 67.5 Å². The lowest BCUT2D eigenvalue weighted by Crippen LogP contribution is -2.25. The average Bonchev–Trinajstić information content (AvgIpc) is 2.75. The van der Waals surface area contributed by atoms with Crippen molar-refractivity contribution >= 4 is 15.9 Å². The lowest BCUT2D eigenvalue weighted by atomic mass is 9.97. The van der Waals surface area contributed by atoms with Crippen LogP contribution in [0.25, 0.3) is 0 Å². The van der Waals surface area contributed by atoms with Gasteiger partial charge in [-0.1, -0.05) is 27.2 Å². The average molecular weight is 344 g/mol. The van der Waals surface area contributed by atoms with E-state index in [2.05, 4.69) is 53.6 Å². The van der Waals surface area contributed by atoms with Crippen molar-refractivity contribution in [2.45, 2.75) is 66.3 Å². The number of nitrogens with one attached hydrogen (secondary N) is 1. The Morgan fingerprint density at radius 2 is 1.95 bits per heavy atom. The van der Waals surface area contributed by atoms with E-state index < -0.39 is 0 Å². The summed E-state index contributed by atoms with van der Waals surface area (Å²) in [6.45, 7) is 12.0. The molecule has 0 aliphatic heterocycles. The molecule has 0 aliphatic rings. The van der Waals surface area contributed by atoms with Crippen molar-refractivity contribution in [2.24, 2.45) is 5.92 Å². The molecular formula is C16H30BrN3. The third-order valence-electron chi connectivity index (χ3n) is 3.73. The third-order valence-corrected chi connectivity index (χ3v) is 4.65. The molecule has 0 radical (unpaired) electrons. The minimum Gasteiger partial charge on any atom is -0.316 e. The van der Waals surface area contributed by atoms with Gasteiger partial charge >= 0.3 is 0 Å². The molecule has 116 valence electrons. The van der Waals surface area contributed by atoms with Gasteiger partial charge in [0, 0.05) is 6.54 Å². The number of aromatic nitrogens is 2. The Morgan fingerprint density at radius 3 is 2.50 bits per heavy atom. The Bertz CT molecular complexity index is 387. The van der Waals surface area contributed by atoms with Crippen molar-refractivity contribution in [3.05, 3.63) is 15.9 Å². The van der Waals surface area contributed by atoms with E-state index in [1.165, 1.54) is 35.1 Å². The van der Waals surface area contributed by atoms with Crippen LogP contribution >= 0.6 is 15.9 Å². The molecule has 0 amide bonds. The molecule has 1 aromatic rings. The monoisotopic (exact) mass is 343 g/mol. The molecule has 0 fully saturated rings. The van der Waals surface area contributed by atoms with Gasteiger partial charge in [0.15, 0.2) is 0 Å². The fraction of sp³-hybridized carbons (Fsp3) is 0.812. The lowest BCUT2D eigenvalue weighted by Gasteiger charge is -2.18. The molecule has 0 aliphatic carbocycles. The summed E-state index contributed by atoms with van der Waals surface area (Å²) in [6, 6.07) is 0. The first-order valence-corrected chi connectivity index (χ1v) is 8.91. The smallest absolute Gasteiger partial charge is 0.0766 e. The van der Waals surface area contributed by atoms with Crippen molar-refractivity contribution in [3.63, 3.8) is 0 Å². The van der Waals surface area contributed by atoms with Crippen LogP contribution in [0.15, 0.2) is 4.47 Å². The summed E-state index contributed by atoms with van der Waals surface area (Å²) >= 11 is 3.76. The highest BCUT2D eigenvalue weighted by Crippen LogP contribution is 2.26. The highest BCUT2D eigenvalue weighted by atomic mass is 79.9. The third kappa shape index (κ3) is 4.88. The summed E-state index contributed by atoms with van der Waals surface area (Å²) < 4.78 is 3.41. The highest BCUT2D eigenvalue weighted by molar-refractivity contribution is 9.10. The Kier molecular flexibility index (Phi) is 8.46. The van der Waals surface area contributed by atoms with E-state index in [1.54, 1.807) is 0 Å². The Hall–Kier alpha value is -0.350. The summed E-state index contributed by atoms with van der Waals surface area (Å²) in [4.78, 5) is 0. The van der Waals surface area contributed by atoms with E-state index in [-0.39, 0.29) is 0 Å². The van der Waals surface area contributed by atoms with E-state index in [0.29, 0.717) is 5.92 Å². The van der Waals surface area contributed by atoms with Gasteiger partial charge in [0.1, 0.15) is 0 Å². The Labute approximate surface area is 132 Å². The standard InChI is InChI=1S/C16H30BrN3/c1-5-9-13(12-18-10-6-2)11-15-16(17)14(7-3)19-20(15)8-4/h13,18H,5-12H2,1-4H3. The van der Waals surface area contributed by atoms with Crippen LogP contribution < -0.4 is 5.32 Å².